The smallest absolute Gasteiger partial charge is 0.256 e. The number of ether oxygens (including phenoxy) is 2. The molecule has 0 bridgehead atoms. The average Bonchev–Trinajstić information content (AvgIpc) is 3.28. The number of nitrogens with zero attached hydrogens (tertiary/aromatic N) is 2. The number of likely N-dealkylation sites (tertiary alicyclic amines) is 2. The predicted molar refractivity (Wildman–Crippen MR) is 100.0 cm³/mol. The van der Waals surface area contributed by atoms with Crippen LogP contribution >= 0.6 is 0 Å². The molecule has 29 heavy (non-hydrogen) atoms. The molecule has 2 amide bonds. The molecule has 0 aromatic heterocycles. The fourth-order valence-electron chi connectivity index (χ4n) is 4.46. The largest absolute Gasteiger partial charge is 0.350 e. The zero-order valence-corrected chi connectivity index (χ0v) is 16.3. The van der Waals surface area contributed by atoms with Crippen LogP contribution in [0.3, 0.4) is 0 Å². The maximum atomic E-state index is 13.9. The number of halogens is 2. The lowest BCUT2D eigenvalue weighted by molar-refractivity contribution is -0.142. The quantitative estimate of drug-likeness (QED) is 0.771. The first kappa shape index (κ1) is 20.2. The van der Waals surface area contributed by atoms with Gasteiger partial charge in [0, 0.05) is 44.1 Å². The van der Waals surface area contributed by atoms with Crippen LogP contribution in [0, 0.1) is 23.5 Å². The second-order valence-electron chi connectivity index (χ2n) is 7.96. The van der Waals surface area contributed by atoms with Crippen molar-refractivity contribution < 1.29 is 27.8 Å². The van der Waals surface area contributed by atoms with Crippen LogP contribution < -0.4 is 0 Å². The summed E-state index contributed by atoms with van der Waals surface area (Å²) in [5.41, 5.74) is -0.130. The molecule has 3 fully saturated rings. The van der Waals surface area contributed by atoms with Crippen molar-refractivity contribution in [2.75, 3.05) is 39.4 Å². The van der Waals surface area contributed by atoms with Crippen molar-refractivity contribution in [1.82, 2.24) is 9.80 Å². The summed E-state index contributed by atoms with van der Waals surface area (Å²) in [7, 11) is 0. The lowest BCUT2D eigenvalue weighted by atomic mass is 9.91. The second-order valence-corrected chi connectivity index (χ2v) is 7.96. The molecule has 3 aliphatic rings. The lowest BCUT2D eigenvalue weighted by Gasteiger charge is -2.38. The number of piperidine rings is 2. The van der Waals surface area contributed by atoms with Crippen molar-refractivity contribution in [3.8, 4) is 0 Å². The van der Waals surface area contributed by atoms with Gasteiger partial charge < -0.3 is 19.3 Å². The number of rotatable bonds is 3. The van der Waals surface area contributed by atoms with E-state index >= 15 is 0 Å². The van der Waals surface area contributed by atoms with E-state index in [1.807, 2.05) is 4.90 Å². The van der Waals surface area contributed by atoms with Crippen LogP contribution in [-0.2, 0) is 14.3 Å². The monoisotopic (exact) mass is 408 g/mol. The van der Waals surface area contributed by atoms with Gasteiger partial charge in [-0.1, -0.05) is 0 Å². The average molecular weight is 408 g/mol. The molecule has 3 saturated heterocycles. The molecule has 0 unspecified atom stereocenters. The van der Waals surface area contributed by atoms with Crippen molar-refractivity contribution in [3.63, 3.8) is 0 Å². The van der Waals surface area contributed by atoms with Crippen LogP contribution in [-0.4, -0.2) is 67.3 Å². The Labute approximate surface area is 168 Å². The van der Waals surface area contributed by atoms with Gasteiger partial charge in [-0.25, -0.2) is 8.78 Å². The number of hydrogen-bond acceptors (Lipinski definition) is 4. The highest BCUT2D eigenvalue weighted by atomic mass is 19.1. The number of hydrogen-bond donors (Lipinski definition) is 0. The summed E-state index contributed by atoms with van der Waals surface area (Å²) in [6, 6.07) is 2.97. The van der Waals surface area contributed by atoms with E-state index in [4.69, 9.17) is 9.47 Å². The highest BCUT2D eigenvalue weighted by Crippen LogP contribution is 2.28. The summed E-state index contributed by atoms with van der Waals surface area (Å²) in [5.74, 6) is -1.66. The Hall–Kier alpha value is -2.06. The minimum absolute atomic E-state index is 0.118. The van der Waals surface area contributed by atoms with Crippen LogP contribution in [0.5, 0.6) is 0 Å². The molecule has 8 heteroatoms. The van der Waals surface area contributed by atoms with Crippen LogP contribution in [0.4, 0.5) is 8.78 Å². The number of benzene rings is 1. The van der Waals surface area contributed by atoms with Crippen LogP contribution in [0.15, 0.2) is 18.2 Å². The summed E-state index contributed by atoms with van der Waals surface area (Å²) in [4.78, 5) is 28.8. The van der Waals surface area contributed by atoms with Crippen LogP contribution in [0.1, 0.15) is 36.0 Å². The molecular formula is C21H26F2N2O4. The molecular weight excluding hydrogens is 382 g/mol. The minimum atomic E-state index is -0.855. The molecule has 0 radical (unpaired) electrons. The molecule has 0 atom stereocenters. The topological polar surface area (TPSA) is 59.1 Å². The molecule has 0 N–H and O–H groups in total. The summed E-state index contributed by atoms with van der Waals surface area (Å²) >= 11 is 0. The molecule has 3 aliphatic heterocycles. The van der Waals surface area contributed by atoms with Gasteiger partial charge in [-0.3, -0.25) is 9.59 Å². The molecule has 1 aromatic carbocycles. The Bertz CT molecular complexity index is 753. The van der Waals surface area contributed by atoms with Gasteiger partial charge in [0.2, 0.25) is 5.91 Å². The van der Waals surface area contributed by atoms with Gasteiger partial charge in [0.1, 0.15) is 11.6 Å². The third-order valence-corrected chi connectivity index (χ3v) is 6.18. The van der Waals surface area contributed by atoms with Gasteiger partial charge in [0.05, 0.1) is 18.8 Å². The minimum Gasteiger partial charge on any atom is -0.350 e. The molecule has 6 nitrogen and oxygen atoms in total. The third-order valence-electron chi connectivity index (χ3n) is 6.18. The van der Waals surface area contributed by atoms with Gasteiger partial charge in [0.15, 0.2) is 6.29 Å². The van der Waals surface area contributed by atoms with E-state index in [9.17, 15) is 18.4 Å². The first-order valence-electron chi connectivity index (χ1n) is 10.3. The second kappa shape index (κ2) is 8.75. The van der Waals surface area contributed by atoms with Crippen molar-refractivity contribution in [2.24, 2.45) is 11.8 Å². The summed E-state index contributed by atoms with van der Waals surface area (Å²) in [6.45, 7) is 3.48. The number of carbonyl (C=O) groups is 2. The van der Waals surface area contributed by atoms with Crippen molar-refractivity contribution >= 4 is 11.8 Å². The molecule has 0 aliphatic carbocycles. The summed E-state index contributed by atoms with van der Waals surface area (Å²) < 4.78 is 38.1. The van der Waals surface area contributed by atoms with E-state index in [1.165, 1.54) is 6.07 Å². The van der Waals surface area contributed by atoms with E-state index in [2.05, 4.69) is 0 Å². The fourth-order valence-corrected chi connectivity index (χ4v) is 4.46. The Morgan fingerprint density at radius 2 is 1.52 bits per heavy atom. The number of amides is 2. The van der Waals surface area contributed by atoms with Gasteiger partial charge in [-0.15, -0.1) is 0 Å². The van der Waals surface area contributed by atoms with Crippen LogP contribution in [0.25, 0.3) is 0 Å². The third kappa shape index (κ3) is 4.43. The highest BCUT2D eigenvalue weighted by molar-refractivity contribution is 5.94. The molecule has 0 spiro atoms. The van der Waals surface area contributed by atoms with E-state index < -0.39 is 17.5 Å². The summed E-state index contributed by atoms with van der Waals surface area (Å²) in [6.07, 6.45) is 2.73. The van der Waals surface area contributed by atoms with Gasteiger partial charge in [-0.05, 0) is 37.8 Å². The number of carbonyl (C=O) groups excluding carboxylic acids is 2. The van der Waals surface area contributed by atoms with Gasteiger partial charge >= 0.3 is 0 Å². The van der Waals surface area contributed by atoms with Crippen molar-refractivity contribution in [3.05, 3.63) is 35.4 Å². The Morgan fingerprint density at radius 1 is 0.897 bits per heavy atom. The standard InChI is InChI=1S/C21H26F2N2O4/c22-16-1-2-17(18(23)13-16)20(27)25-7-3-14(4-8-25)19(26)24-9-5-15(6-10-24)21-28-11-12-29-21/h1-2,13-15,21H,3-12H2. The zero-order chi connectivity index (χ0) is 20.4. The lowest BCUT2D eigenvalue weighted by Crippen LogP contribution is -2.47. The Morgan fingerprint density at radius 3 is 2.14 bits per heavy atom. The molecule has 3 heterocycles. The first-order chi connectivity index (χ1) is 14.0. The Balaban J connectivity index is 1.27. The molecule has 4 rings (SSSR count). The fraction of sp³-hybridized carbons (Fsp3) is 0.619. The maximum Gasteiger partial charge on any atom is 0.256 e. The van der Waals surface area contributed by atoms with E-state index in [1.54, 1.807) is 4.90 Å². The van der Waals surface area contributed by atoms with Gasteiger partial charge in [0.25, 0.3) is 5.91 Å². The van der Waals surface area contributed by atoms with Crippen LogP contribution in [0.2, 0.25) is 0 Å². The first-order valence-corrected chi connectivity index (χ1v) is 10.3. The van der Waals surface area contributed by atoms with Crippen molar-refractivity contribution in [1.29, 1.82) is 0 Å². The van der Waals surface area contributed by atoms with E-state index in [0.717, 1.165) is 25.0 Å². The highest BCUT2D eigenvalue weighted by Gasteiger charge is 2.35. The molecule has 158 valence electrons. The predicted octanol–water partition coefficient (Wildman–Crippen LogP) is 2.43. The Kier molecular flexibility index (Phi) is 6.10. The maximum absolute atomic E-state index is 13.9. The SMILES string of the molecule is O=C(c1ccc(F)cc1F)N1CCC(C(=O)N2CCC(C3OCCO3)CC2)CC1. The van der Waals surface area contributed by atoms with E-state index in [-0.39, 0.29) is 23.7 Å². The zero-order valence-electron chi connectivity index (χ0n) is 16.3. The molecule has 0 saturated carbocycles. The van der Waals surface area contributed by atoms with Gasteiger partial charge in [-0.2, -0.15) is 0 Å². The summed E-state index contributed by atoms with van der Waals surface area (Å²) in [5, 5.41) is 0. The van der Waals surface area contributed by atoms with E-state index in [0.29, 0.717) is 58.2 Å². The van der Waals surface area contributed by atoms with Crippen molar-refractivity contribution in [2.45, 2.75) is 32.0 Å². The molecule has 1 aromatic rings. The normalized spacial score (nSPS) is 22.3.